The predicted octanol–water partition coefficient (Wildman–Crippen LogP) is 0.987. The highest BCUT2D eigenvalue weighted by Gasteiger charge is 2.42. The summed E-state index contributed by atoms with van der Waals surface area (Å²) in [5.41, 5.74) is 0. The van der Waals surface area contributed by atoms with Gasteiger partial charge in [0, 0.05) is 0 Å². The van der Waals surface area contributed by atoms with E-state index >= 15 is 0 Å². The maximum Gasteiger partial charge on any atom is 0.237 e. The number of nitrogens with one attached hydrogen (secondary N) is 2. The van der Waals surface area contributed by atoms with Gasteiger partial charge in [-0.25, -0.2) is 4.98 Å². The average molecular weight is 249 g/mol. The van der Waals surface area contributed by atoms with Crippen LogP contribution in [-0.4, -0.2) is 23.5 Å². The first-order chi connectivity index (χ1) is 8.74. The minimum atomic E-state index is -0.0199. The summed E-state index contributed by atoms with van der Waals surface area (Å²) in [5.74, 6) is 2.65. The van der Waals surface area contributed by atoms with Gasteiger partial charge in [-0.3, -0.25) is 4.79 Å². The van der Waals surface area contributed by atoms with Crippen molar-refractivity contribution in [3.05, 3.63) is 17.8 Å². The number of carbonyl (C=O) groups is 1. The van der Waals surface area contributed by atoms with Crippen molar-refractivity contribution >= 4 is 5.91 Å². The van der Waals surface area contributed by atoms with Crippen LogP contribution in [0.2, 0.25) is 0 Å². The molecule has 18 heavy (non-hydrogen) atoms. The zero-order chi connectivity index (χ0) is 12.5. The van der Waals surface area contributed by atoms with E-state index in [0.29, 0.717) is 24.3 Å². The van der Waals surface area contributed by atoms with Crippen molar-refractivity contribution in [3.63, 3.8) is 0 Å². The van der Waals surface area contributed by atoms with Crippen LogP contribution in [0.25, 0.3) is 0 Å². The number of hydrogen-bond acceptors (Lipinski definition) is 4. The number of fused-ring (bicyclic) bond motifs is 1. The summed E-state index contributed by atoms with van der Waals surface area (Å²) >= 11 is 0. The number of aromatic nitrogens is 1. The molecule has 1 aromatic heterocycles. The summed E-state index contributed by atoms with van der Waals surface area (Å²) in [5, 5.41) is 6.25. The fourth-order valence-electron chi connectivity index (χ4n) is 3.23. The van der Waals surface area contributed by atoms with Crippen LogP contribution in [0.3, 0.4) is 0 Å². The summed E-state index contributed by atoms with van der Waals surface area (Å²) in [7, 11) is 0. The molecule has 3 rings (SSSR count). The third-order valence-corrected chi connectivity index (χ3v) is 4.11. The second-order valence-corrected chi connectivity index (χ2v) is 5.32. The molecular weight excluding hydrogens is 230 g/mol. The number of carbonyl (C=O) groups excluding carboxylic acids is 1. The molecule has 1 aliphatic heterocycles. The van der Waals surface area contributed by atoms with Gasteiger partial charge in [0.05, 0.1) is 18.8 Å². The second-order valence-electron chi connectivity index (χ2n) is 5.32. The first-order valence-corrected chi connectivity index (χ1v) is 6.66. The molecule has 2 aliphatic rings. The standard InChI is InChI=1S/C13H19N3O2/c1-8-5-14-11(18-8)7-16-13(17)12-10-4-2-3-9(10)6-15-12/h5,9-10,12,15H,2-4,6-7H2,1H3,(H,16,17). The van der Waals surface area contributed by atoms with Crippen LogP contribution in [0.4, 0.5) is 0 Å². The molecule has 2 heterocycles. The molecule has 98 valence electrons. The highest BCUT2D eigenvalue weighted by Crippen LogP contribution is 2.37. The lowest BCUT2D eigenvalue weighted by molar-refractivity contribution is -0.124. The quantitative estimate of drug-likeness (QED) is 0.838. The van der Waals surface area contributed by atoms with Gasteiger partial charge >= 0.3 is 0 Å². The van der Waals surface area contributed by atoms with E-state index < -0.39 is 0 Å². The molecule has 1 aromatic rings. The van der Waals surface area contributed by atoms with E-state index in [0.717, 1.165) is 12.3 Å². The molecule has 0 radical (unpaired) electrons. The molecule has 3 unspecified atom stereocenters. The number of rotatable bonds is 3. The van der Waals surface area contributed by atoms with Crippen LogP contribution in [0.5, 0.6) is 0 Å². The summed E-state index contributed by atoms with van der Waals surface area (Å²) in [6.07, 6.45) is 5.37. The Morgan fingerprint density at radius 1 is 1.61 bits per heavy atom. The molecule has 1 aliphatic carbocycles. The monoisotopic (exact) mass is 249 g/mol. The van der Waals surface area contributed by atoms with Gasteiger partial charge in [-0.15, -0.1) is 0 Å². The van der Waals surface area contributed by atoms with E-state index in [9.17, 15) is 4.79 Å². The molecule has 2 N–H and O–H groups in total. The average Bonchev–Trinajstić information content (AvgIpc) is 3.01. The van der Waals surface area contributed by atoms with Crippen molar-refractivity contribution in [2.24, 2.45) is 11.8 Å². The number of amides is 1. The molecule has 5 nitrogen and oxygen atoms in total. The first-order valence-electron chi connectivity index (χ1n) is 6.66. The van der Waals surface area contributed by atoms with Crippen LogP contribution in [0.15, 0.2) is 10.6 Å². The van der Waals surface area contributed by atoms with Gasteiger partial charge in [0.25, 0.3) is 0 Å². The zero-order valence-corrected chi connectivity index (χ0v) is 10.6. The van der Waals surface area contributed by atoms with Crippen molar-refractivity contribution in [1.82, 2.24) is 15.6 Å². The minimum Gasteiger partial charge on any atom is -0.444 e. The second kappa shape index (κ2) is 4.72. The normalized spacial score (nSPS) is 30.4. The van der Waals surface area contributed by atoms with Gasteiger partial charge in [0.15, 0.2) is 0 Å². The van der Waals surface area contributed by atoms with E-state index in [4.69, 9.17) is 4.42 Å². The van der Waals surface area contributed by atoms with Crippen LogP contribution in [-0.2, 0) is 11.3 Å². The Balaban J connectivity index is 1.55. The molecule has 1 amide bonds. The number of aryl methyl sites for hydroxylation is 1. The van der Waals surface area contributed by atoms with Crippen molar-refractivity contribution in [2.75, 3.05) is 6.54 Å². The molecule has 0 spiro atoms. The number of hydrogen-bond donors (Lipinski definition) is 2. The highest BCUT2D eigenvalue weighted by molar-refractivity contribution is 5.82. The zero-order valence-electron chi connectivity index (χ0n) is 10.6. The molecule has 1 saturated carbocycles. The molecular formula is C13H19N3O2. The molecule has 0 aromatic carbocycles. The number of oxazole rings is 1. The Kier molecular flexibility index (Phi) is 3.07. The SMILES string of the molecule is Cc1cnc(CNC(=O)C2NCC3CCCC32)o1. The van der Waals surface area contributed by atoms with Crippen LogP contribution in [0.1, 0.15) is 30.9 Å². The Hall–Kier alpha value is -1.36. The summed E-state index contributed by atoms with van der Waals surface area (Å²) in [6, 6.07) is -0.0199. The van der Waals surface area contributed by atoms with E-state index in [-0.39, 0.29) is 11.9 Å². The van der Waals surface area contributed by atoms with E-state index in [1.54, 1.807) is 6.20 Å². The fraction of sp³-hybridized carbons (Fsp3) is 0.692. The Bertz CT molecular complexity index is 443. The molecule has 5 heteroatoms. The first kappa shape index (κ1) is 11.7. The Labute approximate surface area is 106 Å². The smallest absolute Gasteiger partial charge is 0.237 e. The van der Waals surface area contributed by atoms with Gasteiger partial charge in [-0.05, 0) is 38.1 Å². The number of nitrogens with zero attached hydrogens (tertiary/aromatic N) is 1. The minimum absolute atomic E-state index is 0.0199. The lowest BCUT2D eigenvalue weighted by Crippen LogP contribution is -2.43. The van der Waals surface area contributed by atoms with Gasteiger partial charge < -0.3 is 15.1 Å². The van der Waals surface area contributed by atoms with Gasteiger partial charge in [0.1, 0.15) is 5.76 Å². The fourth-order valence-corrected chi connectivity index (χ4v) is 3.23. The maximum absolute atomic E-state index is 12.1. The van der Waals surface area contributed by atoms with E-state index in [2.05, 4.69) is 15.6 Å². The summed E-state index contributed by atoms with van der Waals surface area (Å²) in [6.45, 7) is 3.21. The van der Waals surface area contributed by atoms with Crippen molar-refractivity contribution in [2.45, 2.75) is 38.8 Å². The van der Waals surface area contributed by atoms with Crippen LogP contribution >= 0.6 is 0 Å². The third kappa shape index (κ3) is 2.14. The lowest BCUT2D eigenvalue weighted by atomic mass is 9.94. The topological polar surface area (TPSA) is 67.2 Å². The highest BCUT2D eigenvalue weighted by atomic mass is 16.4. The van der Waals surface area contributed by atoms with Crippen LogP contribution < -0.4 is 10.6 Å². The predicted molar refractivity (Wildman–Crippen MR) is 65.7 cm³/mol. The maximum atomic E-state index is 12.1. The molecule has 0 bridgehead atoms. The van der Waals surface area contributed by atoms with Gasteiger partial charge in [-0.2, -0.15) is 0 Å². The third-order valence-electron chi connectivity index (χ3n) is 4.11. The summed E-state index contributed by atoms with van der Waals surface area (Å²) < 4.78 is 5.34. The molecule has 1 saturated heterocycles. The van der Waals surface area contributed by atoms with Gasteiger partial charge in [0.2, 0.25) is 11.8 Å². The molecule has 2 fully saturated rings. The Morgan fingerprint density at radius 2 is 2.50 bits per heavy atom. The van der Waals surface area contributed by atoms with Crippen molar-refractivity contribution in [3.8, 4) is 0 Å². The van der Waals surface area contributed by atoms with Crippen molar-refractivity contribution < 1.29 is 9.21 Å². The van der Waals surface area contributed by atoms with E-state index in [1.165, 1.54) is 19.3 Å². The molecule has 3 atom stereocenters. The lowest BCUT2D eigenvalue weighted by Gasteiger charge is -2.17. The van der Waals surface area contributed by atoms with Crippen molar-refractivity contribution in [1.29, 1.82) is 0 Å². The van der Waals surface area contributed by atoms with E-state index in [1.807, 2.05) is 6.92 Å². The van der Waals surface area contributed by atoms with Crippen LogP contribution in [0, 0.1) is 18.8 Å². The largest absolute Gasteiger partial charge is 0.444 e. The summed E-state index contributed by atoms with van der Waals surface area (Å²) in [4.78, 5) is 16.2. The Morgan fingerprint density at radius 3 is 3.28 bits per heavy atom. The van der Waals surface area contributed by atoms with Gasteiger partial charge in [-0.1, -0.05) is 6.42 Å².